The van der Waals surface area contributed by atoms with E-state index in [1.807, 2.05) is 24.8 Å². The number of pyridine rings is 1. The topological polar surface area (TPSA) is 100 Å². The van der Waals surface area contributed by atoms with E-state index in [2.05, 4.69) is 20.5 Å². The summed E-state index contributed by atoms with van der Waals surface area (Å²) in [7, 11) is 0. The Morgan fingerprint density at radius 1 is 1.21 bits per heavy atom. The summed E-state index contributed by atoms with van der Waals surface area (Å²) >= 11 is 0. The highest BCUT2D eigenvalue weighted by Crippen LogP contribution is 2.31. The molecule has 1 aliphatic heterocycles. The molecule has 0 bridgehead atoms. The lowest BCUT2D eigenvalue weighted by molar-refractivity contribution is 0.0305. The number of halogens is 1. The predicted octanol–water partition coefficient (Wildman–Crippen LogP) is 2.42. The molecule has 8 heteroatoms. The summed E-state index contributed by atoms with van der Waals surface area (Å²) in [6, 6.07) is 6.44. The van der Waals surface area contributed by atoms with Gasteiger partial charge in [-0.1, -0.05) is 6.07 Å². The average molecular weight is 382 g/mol. The maximum atomic E-state index is 13.4. The first kappa shape index (κ1) is 18.5. The summed E-state index contributed by atoms with van der Waals surface area (Å²) in [6.45, 7) is 6.55. The Balaban J connectivity index is 1.69. The molecule has 0 amide bonds. The SMILES string of the molecule is Cc1cc(F)ccc1[C@@H](N)Nc1nnc(C)c2cnc(N3CC(C)(O)C3)cc12. The van der Waals surface area contributed by atoms with Crippen LogP contribution in [0.5, 0.6) is 0 Å². The number of rotatable bonds is 4. The third-order valence-corrected chi connectivity index (χ3v) is 5.08. The van der Waals surface area contributed by atoms with E-state index in [9.17, 15) is 9.50 Å². The number of nitrogens with zero attached hydrogens (tertiary/aromatic N) is 4. The van der Waals surface area contributed by atoms with Crippen molar-refractivity contribution in [3.05, 3.63) is 53.1 Å². The van der Waals surface area contributed by atoms with Gasteiger partial charge < -0.3 is 21.1 Å². The van der Waals surface area contributed by atoms with Crippen LogP contribution >= 0.6 is 0 Å². The molecule has 4 N–H and O–H groups in total. The zero-order valence-corrected chi connectivity index (χ0v) is 16.1. The maximum Gasteiger partial charge on any atom is 0.158 e. The minimum absolute atomic E-state index is 0.296. The molecule has 0 unspecified atom stereocenters. The summed E-state index contributed by atoms with van der Waals surface area (Å²) in [5, 5.41) is 23.4. The number of fused-ring (bicyclic) bond motifs is 1. The van der Waals surface area contributed by atoms with Crippen LogP contribution in [0.1, 0.15) is 29.9 Å². The second kappa shape index (κ2) is 6.65. The van der Waals surface area contributed by atoms with Gasteiger partial charge >= 0.3 is 0 Å². The zero-order valence-electron chi connectivity index (χ0n) is 16.1. The van der Waals surface area contributed by atoms with Crippen LogP contribution in [0.2, 0.25) is 0 Å². The lowest BCUT2D eigenvalue weighted by Crippen LogP contribution is -2.60. The van der Waals surface area contributed by atoms with E-state index in [-0.39, 0.29) is 5.82 Å². The van der Waals surface area contributed by atoms with Crippen molar-refractivity contribution in [2.24, 2.45) is 5.73 Å². The number of anilines is 2. The highest BCUT2D eigenvalue weighted by molar-refractivity contribution is 5.94. The van der Waals surface area contributed by atoms with Crippen LogP contribution in [0.4, 0.5) is 16.0 Å². The Kier molecular flexibility index (Phi) is 4.40. The molecule has 1 aliphatic rings. The number of benzene rings is 1. The fourth-order valence-electron chi connectivity index (χ4n) is 3.59. The van der Waals surface area contributed by atoms with Gasteiger partial charge in [-0.15, -0.1) is 5.10 Å². The molecule has 1 fully saturated rings. The highest BCUT2D eigenvalue weighted by atomic mass is 19.1. The second-order valence-corrected chi connectivity index (χ2v) is 7.70. The van der Waals surface area contributed by atoms with Crippen LogP contribution in [0.3, 0.4) is 0 Å². The van der Waals surface area contributed by atoms with Gasteiger partial charge in [0.05, 0.1) is 11.3 Å². The average Bonchev–Trinajstić information content (AvgIpc) is 2.61. The van der Waals surface area contributed by atoms with E-state index in [1.54, 1.807) is 19.2 Å². The second-order valence-electron chi connectivity index (χ2n) is 7.70. The van der Waals surface area contributed by atoms with Gasteiger partial charge in [0.15, 0.2) is 5.82 Å². The number of aliphatic hydroxyl groups is 1. The summed E-state index contributed by atoms with van der Waals surface area (Å²) in [6.07, 6.45) is 1.20. The molecular formula is C20H23FN6O. The number of aryl methyl sites for hydroxylation is 2. The standard InChI is InChI=1S/C20H23FN6O/c1-11-6-13(21)4-5-14(11)18(22)24-19-15-7-17(27-9-20(3,28)10-27)23-8-16(15)12(2)25-26-19/h4-8,18,28H,9-10,22H2,1-3H3,(H,24,26)/t18-/m0/s1. The summed E-state index contributed by atoms with van der Waals surface area (Å²) in [4.78, 5) is 6.51. The Bertz CT molecular complexity index is 1050. The first-order chi connectivity index (χ1) is 13.2. The van der Waals surface area contributed by atoms with Crippen LogP contribution in [-0.4, -0.2) is 39.0 Å². The van der Waals surface area contributed by atoms with Crippen molar-refractivity contribution in [3.63, 3.8) is 0 Å². The van der Waals surface area contributed by atoms with Crippen LogP contribution < -0.4 is 16.0 Å². The summed E-state index contributed by atoms with van der Waals surface area (Å²) in [5.74, 6) is 1.00. The van der Waals surface area contributed by atoms with E-state index in [0.717, 1.165) is 33.4 Å². The van der Waals surface area contributed by atoms with Crippen molar-refractivity contribution in [2.45, 2.75) is 32.5 Å². The van der Waals surface area contributed by atoms with Gasteiger partial charge in [0.25, 0.3) is 0 Å². The van der Waals surface area contributed by atoms with Crippen molar-refractivity contribution in [1.82, 2.24) is 15.2 Å². The number of nitrogens with one attached hydrogen (secondary N) is 1. The normalized spacial score (nSPS) is 16.7. The van der Waals surface area contributed by atoms with Gasteiger partial charge in [-0.2, -0.15) is 5.10 Å². The fraction of sp³-hybridized carbons (Fsp3) is 0.350. The highest BCUT2D eigenvalue weighted by Gasteiger charge is 2.37. The van der Waals surface area contributed by atoms with E-state index >= 15 is 0 Å². The first-order valence-corrected chi connectivity index (χ1v) is 9.12. The fourth-order valence-corrected chi connectivity index (χ4v) is 3.59. The smallest absolute Gasteiger partial charge is 0.158 e. The molecule has 3 heterocycles. The third kappa shape index (κ3) is 3.36. The predicted molar refractivity (Wildman–Crippen MR) is 107 cm³/mol. The number of hydrogen-bond donors (Lipinski definition) is 3. The molecule has 4 rings (SSSR count). The van der Waals surface area contributed by atoms with Crippen LogP contribution in [0, 0.1) is 19.7 Å². The van der Waals surface area contributed by atoms with Gasteiger partial charge in [0.2, 0.25) is 0 Å². The Hall–Kier alpha value is -2.84. The van der Waals surface area contributed by atoms with Crippen molar-refractivity contribution < 1.29 is 9.50 Å². The lowest BCUT2D eigenvalue weighted by Gasteiger charge is -2.45. The van der Waals surface area contributed by atoms with Crippen molar-refractivity contribution in [3.8, 4) is 0 Å². The van der Waals surface area contributed by atoms with E-state index in [4.69, 9.17) is 5.73 Å². The number of nitrogens with two attached hydrogens (primary N) is 1. The molecule has 0 spiro atoms. The van der Waals surface area contributed by atoms with E-state index in [1.165, 1.54) is 12.1 Å². The molecule has 0 aliphatic carbocycles. The molecule has 0 saturated carbocycles. The van der Waals surface area contributed by atoms with Gasteiger partial charge in [0, 0.05) is 30.1 Å². The Labute approximate surface area is 162 Å². The monoisotopic (exact) mass is 382 g/mol. The largest absolute Gasteiger partial charge is 0.386 e. The molecule has 3 aromatic rings. The quantitative estimate of drug-likeness (QED) is 0.596. The van der Waals surface area contributed by atoms with Crippen LogP contribution in [0.25, 0.3) is 10.8 Å². The van der Waals surface area contributed by atoms with Crippen molar-refractivity contribution in [2.75, 3.05) is 23.3 Å². The molecule has 7 nitrogen and oxygen atoms in total. The maximum absolute atomic E-state index is 13.4. The van der Waals surface area contributed by atoms with Gasteiger partial charge in [-0.3, -0.25) is 0 Å². The molecule has 0 radical (unpaired) electrons. The molecule has 146 valence electrons. The van der Waals surface area contributed by atoms with Crippen molar-refractivity contribution in [1.29, 1.82) is 0 Å². The molecular weight excluding hydrogens is 359 g/mol. The number of aromatic nitrogens is 3. The van der Waals surface area contributed by atoms with Gasteiger partial charge in [0.1, 0.15) is 17.8 Å². The van der Waals surface area contributed by atoms with Crippen molar-refractivity contribution >= 4 is 22.4 Å². The lowest BCUT2D eigenvalue weighted by atomic mass is 9.97. The minimum Gasteiger partial charge on any atom is -0.386 e. The number of hydrogen-bond acceptors (Lipinski definition) is 7. The van der Waals surface area contributed by atoms with Crippen LogP contribution in [-0.2, 0) is 0 Å². The van der Waals surface area contributed by atoms with E-state index < -0.39 is 11.8 Å². The summed E-state index contributed by atoms with van der Waals surface area (Å²) in [5.41, 5.74) is 7.94. The van der Waals surface area contributed by atoms with Gasteiger partial charge in [-0.05, 0) is 50.1 Å². The Morgan fingerprint density at radius 2 is 1.96 bits per heavy atom. The molecule has 2 aromatic heterocycles. The minimum atomic E-state index is -0.688. The van der Waals surface area contributed by atoms with Crippen LogP contribution in [0.15, 0.2) is 30.5 Å². The van der Waals surface area contributed by atoms with E-state index in [0.29, 0.717) is 18.9 Å². The zero-order chi connectivity index (χ0) is 20.1. The van der Waals surface area contributed by atoms with Gasteiger partial charge in [-0.25, -0.2) is 9.37 Å². The number of β-amino-alcohol motifs (C(OH)–C–C–N with tert-alkyl or cyclic N) is 1. The Morgan fingerprint density at radius 3 is 2.64 bits per heavy atom. The third-order valence-electron chi connectivity index (χ3n) is 5.08. The first-order valence-electron chi connectivity index (χ1n) is 9.12. The summed E-state index contributed by atoms with van der Waals surface area (Å²) < 4.78 is 13.4. The molecule has 1 aromatic carbocycles. The molecule has 1 atom stereocenters. The molecule has 28 heavy (non-hydrogen) atoms. The molecule has 1 saturated heterocycles.